The zero-order valence-electron chi connectivity index (χ0n) is 23.7. The highest BCUT2D eigenvalue weighted by atomic mass is 16.6. The van der Waals surface area contributed by atoms with E-state index < -0.39 is 0 Å². The molecule has 2 fully saturated rings. The van der Waals surface area contributed by atoms with Gasteiger partial charge in [-0.2, -0.15) is 0 Å². The van der Waals surface area contributed by atoms with E-state index in [1.807, 2.05) is 6.07 Å². The minimum absolute atomic E-state index is 0.246. The fourth-order valence-corrected chi connectivity index (χ4v) is 6.57. The van der Waals surface area contributed by atoms with Crippen LogP contribution in [0.5, 0.6) is 11.5 Å². The summed E-state index contributed by atoms with van der Waals surface area (Å²) in [6, 6.07) is 4.49. The lowest BCUT2D eigenvalue weighted by atomic mass is 9.57. The van der Waals surface area contributed by atoms with Gasteiger partial charge >= 0.3 is 12.2 Å². The number of benzene rings is 1. The highest BCUT2D eigenvalue weighted by Crippen LogP contribution is 2.56. The van der Waals surface area contributed by atoms with E-state index in [2.05, 4.69) is 37.9 Å². The molecule has 1 aromatic rings. The van der Waals surface area contributed by atoms with Gasteiger partial charge in [-0.3, -0.25) is 0 Å². The van der Waals surface area contributed by atoms with E-state index in [4.69, 9.17) is 18.9 Å². The molecule has 38 heavy (non-hydrogen) atoms. The number of likely N-dealkylation sites (tertiary alicyclic amines) is 1. The van der Waals surface area contributed by atoms with Gasteiger partial charge in [-0.15, -0.1) is 0 Å². The maximum atomic E-state index is 13.2. The summed E-state index contributed by atoms with van der Waals surface area (Å²) in [6.07, 6.45) is 4.65. The number of aryl methyl sites for hydroxylation is 1. The Morgan fingerprint density at radius 3 is 2.29 bits per heavy atom. The Morgan fingerprint density at radius 2 is 1.68 bits per heavy atom. The first-order chi connectivity index (χ1) is 18.3. The fourth-order valence-electron chi connectivity index (χ4n) is 6.57. The number of methoxy groups -OCH3 is 2. The van der Waals surface area contributed by atoms with Crippen molar-refractivity contribution in [1.29, 1.82) is 0 Å². The smallest absolute Gasteiger partial charge is 0.415 e. The molecule has 1 aliphatic carbocycles. The predicted molar refractivity (Wildman–Crippen MR) is 145 cm³/mol. The van der Waals surface area contributed by atoms with Crippen molar-refractivity contribution in [3.63, 3.8) is 0 Å². The highest BCUT2D eigenvalue weighted by molar-refractivity contribution is 5.71. The fraction of sp³-hybridized carbons (Fsp3) is 0.655. The van der Waals surface area contributed by atoms with Gasteiger partial charge in [0.2, 0.25) is 0 Å². The number of piperazine rings is 1. The summed E-state index contributed by atoms with van der Waals surface area (Å²) in [7, 11) is 5.57. The maximum absolute atomic E-state index is 13.2. The first-order valence-electron chi connectivity index (χ1n) is 13.8. The zero-order chi connectivity index (χ0) is 27.4. The van der Waals surface area contributed by atoms with Crippen LogP contribution in [0.4, 0.5) is 9.59 Å². The molecule has 4 rings (SSSR count). The zero-order valence-corrected chi connectivity index (χ0v) is 23.7. The number of nitrogens with zero attached hydrogens (tertiary/aromatic N) is 3. The van der Waals surface area contributed by atoms with Crippen LogP contribution >= 0.6 is 0 Å². The third-order valence-electron chi connectivity index (χ3n) is 8.78. The van der Waals surface area contributed by atoms with Gasteiger partial charge in [-0.05, 0) is 70.3 Å². The number of fused-ring (bicyclic) bond motifs is 1. The molecule has 0 radical (unpaired) electrons. The number of amides is 2. The Hall–Kier alpha value is -2.94. The number of carbonyl (C=O) groups excluding carboxylic acids is 2. The van der Waals surface area contributed by atoms with Gasteiger partial charge < -0.3 is 33.6 Å². The van der Waals surface area contributed by atoms with Crippen molar-refractivity contribution in [3.05, 3.63) is 35.1 Å². The number of rotatable bonds is 6. The number of hydrogen-bond acceptors (Lipinski definition) is 7. The summed E-state index contributed by atoms with van der Waals surface area (Å²) in [6.45, 7) is 9.25. The molecule has 2 saturated heterocycles. The van der Waals surface area contributed by atoms with E-state index in [0.717, 1.165) is 37.3 Å². The summed E-state index contributed by atoms with van der Waals surface area (Å²) in [4.78, 5) is 31.0. The predicted octanol–water partition coefficient (Wildman–Crippen LogP) is 4.43. The molecule has 0 bridgehead atoms. The number of allylic oxidation sites excluding steroid dienone is 2. The lowest BCUT2D eigenvalue weighted by Gasteiger charge is -2.54. The van der Waals surface area contributed by atoms with E-state index in [-0.39, 0.29) is 17.6 Å². The Labute approximate surface area is 226 Å². The van der Waals surface area contributed by atoms with Crippen molar-refractivity contribution in [2.75, 3.05) is 60.6 Å². The number of piperidine rings is 1. The maximum Gasteiger partial charge on any atom is 0.415 e. The summed E-state index contributed by atoms with van der Waals surface area (Å²) < 4.78 is 22.9. The van der Waals surface area contributed by atoms with Crippen molar-refractivity contribution in [2.45, 2.75) is 57.9 Å². The van der Waals surface area contributed by atoms with Crippen molar-refractivity contribution in [3.8, 4) is 11.5 Å². The van der Waals surface area contributed by atoms with Crippen LogP contribution in [0, 0.1) is 5.92 Å². The normalized spacial score (nSPS) is 25.8. The number of ether oxygens (including phenoxy) is 4. The molecular formula is C29H43N3O6. The Bertz CT molecular complexity index is 1050. The number of hydrogen-bond donors (Lipinski definition) is 0. The van der Waals surface area contributed by atoms with Gasteiger partial charge in [0.25, 0.3) is 0 Å². The van der Waals surface area contributed by atoms with Gasteiger partial charge in [-0.1, -0.05) is 13.0 Å². The molecule has 9 heteroatoms. The first kappa shape index (κ1) is 28.1. The van der Waals surface area contributed by atoms with E-state index in [1.54, 1.807) is 30.9 Å². The van der Waals surface area contributed by atoms with Gasteiger partial charge in [0.05, 0.1) is 20.8 Å². The van der Waals surface area contributed by atoms with Crippen molar-refractivity contribution in [1.82, 2.24) is 14.7 Å². The van der Waals surface area contributed by atoms with Gasteiger partial charge in [0, 0.05) is 49.6 Å². The quantitative estimate of drug-likeness (QED) is 0.539. The molecule has 2 amide bonds. The molecule has 210 valence electrons. The highest BCUT2D eigenvalue weighted by Gasteiger charge is 2.52. The molecule has 0 spiro atoms. The van der Waals surface area contributed by atoms with Crippen LogP contribution in [-0.2, 0) is 21.3 Å². The van der Waals surface area contributed by atoms with Gasteiger partial charge in [0.1, 0.15) is 5.76 Å². The van der Waals surface area contributed by atoms with E-state index in [9.17, 15) is 9.59 Å². The second-order valence-corrected chi connectivity index (χ2v) is 10.5. The Morgan fingerprint density at radius 1 is 1.00 bits per heavy atom. The van der Waals surface area contributed by atoms with Crippen molar-refractivity contribution in [2.24, 2.45) is 5.92 Å². The average molecular weight is 530 g/mol. The molecule has 0 aromatic heterocycles. The van der Waals surface area contributed by atoms with Crippen LogP contribution in [0.2, 0.25) is 0 Å². The minimum Gasteiger partial charge on any atom is -0.493 e. The summed E-state index contributed by atoms with van der Waals surface area (Å²) in [5, 5.41) is 0. The molecule has 0 N–H and O–H groups in total. The lowest BCUT2D eigenvalue weighted by molar-refractivity contribution is 0.0309. The molecule has 0 saturated carbocycles. The van der Waals surface area contributed by atoms with Crippen LogP contribution in [0.1, 0.15) is 51.2 Å². The van der Waals surface area contributed by atoms with Crippen LogP contribution in [0.3, 0.4) is 0 Å². The second kappa shape index (κ2) is 11.8. The summed E-state index contributed by atoms with van der Waals surface area (Å²) in [5.74, 6) is 2.56. The monoisotopic (exact) mass is 529 g/mol. The minimum atomic E-state index is -0.359. The second-order valence-electron chi connectivity index (χ2n) is 10.5. The van der Waals surface area contributed by atoms with Crippen LogP contribution in [-0.4, -0.2) is 93.5 Å². The van der Waals surface area contributed by atoms with E-state index in [0.29, 0.717) is 56.9 Å². The molecule has 2 heterocycles. The lowest BCUT2D eigenvalue weighted by Crippen LogP contribution is -2.55. The summed E-state index contributed by atoms with van der Waals surface area (Å²) in [5.41, 5.74) is 2.19. The van der Waals surface area contributed by atoms with Crippen molar-refractivity contribution < 1.29 is 28.5 Å². The SMILES string of the molecule is CCOC(=O)N1CCN(C(=O)OC2=CCC3C(C)N(C)CCC3(c3c(CC)ccc(OC)c3OC)C2)CC1. The van der Waals surface area contributed by atoms with Crippen LogP contribution < -0.4 is 9.47 Å². The largest absolute Gasteiger partial charge is 0.493 e. The Kier molecular flexibility index (Phi) is 8.75. The van der Waals surface area contributed by atoms with Crippen LogP contribution in [0.15, 0.2) is 24.0 Å². The summed E-state index contributed by atoms with van der Waals surface area (Å²) >= 11 is 0. The molecular weight excluding hydrogens is 486 g/mol. The molecule has 9 nitrogen and oxygen atoms in total. The molecule has 3 unspecified atom stereocenters. The third-order valence-corrected chi connectivity index (χ3v) is 8.78. The van der Waals surface area contributed by atoms with Gasteiger partial charge in [-0.25, -0.2) is 9.59 Å². The van der Waals surface area contributed by atoms with Gasteiger partial charge in [0.15, 0.2) is 11.5 Å². The van der Waals surface area contributed by atoms with E-state index >= 15 is 0 Å². The molecule has 3 aliphatic rings. The van der Waals surface area contributed by atoms with Crippen LogP contribution in [0.25, 0.3) is 0 Å². The topological polar surface area (TPSA) is 80.8 Å². The third kappa shape index (κ3) is 5.17. The van der Waals surface area contributed by atoms with E-state index in [1.165, 1.54) is 11.1 Å². The first-order valence-corrected chi connectivity index (χ1v) is 13.8. The average Bonchev–Trinajstić information content (AvgIpc) is 2.94. The molecule has 2 aliphatic heterocycles. The number of carbonyl (C=O) groups is 2. The Balaban J connectivity index is 1.60. The molecule has 1 aromatic carbocycles. The standard InChI is InChI=1S/C29H43N3O6/c1-7-21-9-12-24(35-5)26(36-6)25(21)29-13-14-30(4)20(3)23(29)11-10-22(19-29)38-28(34)32-17-15-31(16-18-32)27(33)37-8-2/h9-10,12,20,23H,7-8,11,13-19H2,1-6H3. The molecule has 3 atom stereocenters. The van der Waals surface area contributed by atoms with Crippen molar-refractivity contribution >= 4 is 12.2 Å².